The monoisotopic (exact) mass is 236 g/mol. The molecule has 1 N–H and O–H groups in total. The summed E-state index contributed by atoms with van der Waals surface area (Å²) in [4.78, 5) is 4.56. The lowest BCUT2D eigenvalue weighted by atomic mass is 10.2. The number of fused-ring (bicyclic) bond motifs is 1. The standard InChI is InChI=1S/C12H16N2OS/c1-4-7-13-12-14-10-9(15-3)6-5-8(2)11(10)16-12/h5-6H,4,7H2,1-3H3,(H,13,14). The summed E-state index contributed by atoms with van der Waals surface area (Å²) in [6.45, 7) is 5.21. The van der Waals surface area contributed by atoms with Gasteiger partial charge in [-0.3, -0.25) is 0 Å². The molecule has 0 aliphatic rings. The van der Waals surface area contributed by atoms with E-state index in [0.29, 0.717) is 0 Å². The average molecular weight is 236 g/mol. The van der Waals surface area contributed by atoms with E-state index in [2.05, 4.69) is 30.2 Å². The summed E-state index contributed by atoms with van der Waals surface area (Å²) in [7, 11) is 1.68. The lowest BCUT2D eigenvalue weighted by Crippen LogP contribution is -1.98. The highest BCUT2D eigenvalue weighted by Gasteiger charge is 2.10. The molecule has 0 saturated carbocycles. The molecule has 0 atom stereocenters. The van der Waals surface area contributed by atoms with Crippen LogP contribution in [0.25, 0.3) is 10.2 Å². The van der Waals surface area contributed by atoms with Crippen LogP contribution >= 0.6 is 11.3 Å². The van der Waals surface area contributed by atoms with Crippen LogP contribution in [-0.4, -0.2) is 18.6 Å². The highest BCUT2D eigenvalue weighted by Crippen LogP contribution is 2.34. The zero-order valence-electron chi connectivity index (χ0n) is 9.83. The number of hydrogen-bond acceptors (Lipinski definition) is 4. The third-order valence-corrected chi connectivity index (χ3v) is 3.60. The van der Waals surface area contributed by atoms with Crippen molar-refractivity contribution in [2.75, 3.05) is 19.0 Å². The van der Waals surface area contributed by atoms with Crippen LogP contribution in [0.2, 0.25) is 0 Å². The number of thiazole rings is 1. The molecule has 0 saturated heterocycles. The molecule has 2 rings (SSSR count). The Hall–Kier alpha value is -1.29. The number of hydrogen-bond donors (Lipinski definition) is 1. The molecule has 0 unspecified atom stereocenters. The maximum absolute atomic E-state index is 5.32. The smallest absolute Gasteiger partial charge is 0.183 e. The Morgan fingerprint density at radius 1 is 1.44 bits per heavy atom. The van der Waals surface area contributed by atoms with Crippen molar-refractivity contribution in [3.05, 3.63) is 17.7 Å². The molecule has 1 heterocycles. The lowest BCUT2D eigenvalue weighted by molar-refractivity contribution is 0.419. The summed E-state index contributed by atoms with van der Waals surface area (Å²) >= 11 is 1.69. The molecule has 16 heavy (non-hydrogen) atoms. The van der Waals surface area contributed by atoms with Gasteiger partial charge in [0.05, 0.1) is 11.8 Å². The van der Waals surface area contributed by atoms with Crippen LogP contribution in [0.3, 0.4) is 0 Å². The van der Waals surface area contributed by atoms with Crippen LogP contribution < -0.4 is 10.1 Å². The fraction of sp³-hybridized carbons (Fsp3) is 0.417. The molecule has 0 fully saturated rings. The third kappa shape index (κ3) is 1.97. The van der Waals surface area contributed by atoms with Crippen LogP contribution in [0.5, 0.6) is 5.75 Å². The van der Waals surface area contributed by atoms with Gasteiger partial charge in [-0.15, -0.1) is 0 Å². The number of anilines is 1. The molecule has 4 heteroatoms. The maximum Gasteiger partial charge on any atom is 0.183 e. The van der Waals surface area contributed by atoms with Crippen LogP contribution in [0.4, 0.5) is 5.13 Å². The molecule has 0 aliphatic carbocycles. The Labute approximate surface area is 99.5 Å². The quantitative estimate of drug-likeness (QED) is 0.883. The van der Waals surface area contributed by atoms with E-state index in [1.807, 2.05) is 6.07 Å². The zero-order chi connectivity index (χ0) is 11.5. The first-order valence-electron chi connectivity index (χ1n) is 5.44. The fourth-order valence-corrected chi connectivity index (χ4v) is 2.56. The molecular weight excluding hydrogens is 220 g/mol. The number of nitrogens with zero attached hydrogens (tertiary/aromatic N) is 1. The third-order valence-electron chi connectivity index (χ3n) is 2.45. The molecule has 0 spiro atoms. The van der Waals surface area contributed by atoms with E-state index < -0.39 is 0 Å². The van der Waals surface area contributed by atoms with Crippen molar-refractivity contribution in [3.63, 3.8) is 0 Å². The Morgan fingerprint density at radius 3 is 2.94 bits per heavy atom. The largest absolute Gasteiger partial charge is 0.494 e. The maximum atomic E-state index is 5.32. The summed E-state index contributed by atoms with van der Waals surface area (Å²) in [6, 6.07) is 4.05. The van der Waals surface area contributed by atoms with Crippen molar-refractivity contribution >= 4 is 26.7 Å². The first-order chi connectivity index (χ1) is 7.76. The number of ether oxygens (including phenoxy) is 1. The lowest BCUT2D eigenvalue weighted by Gasteiger charge is -2.01. The number of benzene rings is 1. The molecule has 3 nitrogen and oxygen atoms in total. The van der Waals surface area contributed by atoms with Gasteiger partial charge in [-0.2, -0.15) is 0 Å². The summed E-state index contributed by atoms with van der Waals surface area (Å²) in [6.07, 6.45) is 1.10. The van der Waals surface area contributed by atoms with Gasteiger partial charge >= 0.3 is 0 Å². The van der Waals surface area contributed by atoms with Crippen molar-refractivity contribution in [3.8, 4) is 5.75 Å². The minimum atomic E-state index is 0.849. The average Bonchev–Trinajstić information content (AvgIpc) is 2.72. The van der Waals surface area contributed by atoms with Crippen LogP contribution in [0, 0.1) is 6.92 Å². The zero-order valence-corrected chi connectivity index (χ0v) is 10.6. The summed E-state index contributed by atoms with van der Waals surface area (Å²) in [5.74, 6) is 0.849. The molecule has 0 bridgehead atoms. The Kier molecular flexibility index (Phi) is 3.29. The molecule has 0 amide bonds. The van der Waals surface area contributed by atoms with Gasteiger partial charge in [0.1, 0.15) is 11.3 Å². The van der Waals surface area contributed by atoms with Crippen molar-refractivity contribution in [1.82, 2.24) is 4.98 Å². The van der Waals surface area contributed by atoms with E-state index in [1.54, 1.807) is 18.4 Å². The van der Waals surface area contributed by atoms with Crippen LogP contribution in [0.1, 0.15) is 18.9 Å². The van der Waals surface area contributed by atoms with Gasteiger partial charge in [0.2, 0.25) is 0 Å². The van der Waals surface area contributed by atoms with E-state index in [9.17, 15) is 0 Å². The number of methoxy groups -OCH3 is 1. The number of aromatic nitrogens is 1. The van der Waals surface area contributed by atoms with Crippen LogP contribution in [0.15, 0.2) is 12.1 Å². The predicted octanol–water partition coefficient (Wildman–Crippen LogP) is 3.44. The fourth-order valence-electron chi connectivity index (χ4n) is 1.58. The van der Waals surface area contributed by atoms with Crippen molar-refractivity contribution < 1.29 is 4.74 Å². The van der Waals surface area contributed by atoms with Gasteiger partial charge < -0.3 is 10.1 Å². The van der Waals surface area contributed by atoms with E-state index in [-0.39, 0.29) is 0 Å². The van der Waals surface area contributed by atoms with Crippen molar-refractivity contribution in [1.29, 1.82) is 0 Å². The van der Waals surface area contributed by atoms with Gasteiger partial charge in [0.25, 0.3) is 0 Å². The van der Waals surface area contributed by atoms with Gasteiger partial charge in [0, 0.05) is 6.54 Å². The molecule has 1 aromatic heterocycles. The Morgan fingerprint density at radius 2 is 2.25 bits per heavy atom. The topological polar surface area (TPSA) is 34.2 Å². The Balaban J connectivity index is 2.46. The summed E-state index contributed by atoms with van der Waals surface area (Å²) < 4.78 is 6.52. The normalized spacial score (nSPS) is 10.7. The minimum absolute atomic E-state index is 0.849. The summed E-state index contributed by atoms with van der Waals surface area (Å²) in [5, 5.41) is 4.29. The van der Waals surface area contributed by atoms with E-state index in [4.69, 9.17) is 4.74 Å². The number of aryl methyl sites for hydroxylation is 1. The molecule has 0 radical (unpaired) electrons. The molecule has 0 aliphatic heterocycles. The second kappa shape index (κ2) is 4.70. The van der Waals surface area contributed by atoms with Crippen molar-refractivity contribution in [2.24, 2.45) is 0 Å². The molecular formula is C12H16N2OS. The SMILES string of the molecule is CCCNc1nc2c(OC)ccc(C)c2s1. The number of rotatable bonds is 4. The second-order valence-corrected chi connectivity index (χ2v) is 4.71. The highest BCUT2D eigenvalue weighted by molar-refractivity contribution is 7.22. The number of nitrogens with one attached hydrogen (secondary N) is 1. The first-order valence-corrected chi connectivity index (χ1v) is 6.26. The van der Waals surface area contributed by atoms with Crippen LogP contribution in [-0.2, 0) is 0 Å². The first kappa shape index (κ1) is 11.2. The van der Waals surface area contributed by atoms with E-state index in [0.717, 1.165) is 29.4 Å². The van der Waals surface area contributed by atoms with Gasteiger partial charge in [-0.1, -0.05) is 24.3 Å². The molecule has 86 valence electrons. The molecule has 2 aromatic rings. The van der Waals surface area contributed by atoms with Gasteiger partial charge in [-0.25, -0.2) is 4.98 Å². The van der Waals surface area contributed by atoms with Crippen molar-refractivity contribution in [2.45, 2.75) is 20.3 Å². The minimum Gasteiger partial charge on any atom is -0.494 e. The highest BCUT2D eigenvalue weighted by atomic mass is 32.1. The van der Waals surface area contributed by atoms with E-state index in [1.165, 1.54) is 10.3 Å². The summed E-state index contributed by atoms with van der Waals surface area (Å²) in [5.41, 5.74) is 2.21. The van der Waals surface area contributed by atoms with Gasteiger partial charge in [0.15, 0.2) is 5.13 Å². The predicted molar refractivity (Wildman–Crippen MR) is 69.7 cm³/mol. The second-order valence-electron chi connectivity index (χ2n) is 3.71. The molecule has 1 aromatic carbocycles. The van der Waals surface area contributed by atoms with E-state index >= 15 is 0 Å². The Bertz CT molecular complexity index is 493. The van der Waals surface area contributed by atoms with Gasteiger partial charge in [-0.05, 0) is 25.0 Å².